The molecule has 0 aliphatic carbocycles. The van der Waals surface area contributed by atoms with Crippen LogP contribution in [0.15, 0.2) is 47.3 Å². The molecular weight excluding hydrogens is 376 g/mol. The Kier molecular flexibility index (Phi) is 5.24. The van der Waals surface area contributed by atoms with Crippen LogP contribution in [0.25, 0.3) is 11.0 Å². The molecule has 1 aliphatic heterocycles. The first-order valence-electron chi connectivity index (χ1n) is 9.32. The van der Waals surface area contributed by atoms with Gasteiger partial charge in [0.15, 0.2) is 0 Å². The molecule has 0 saturated carbocycles. The number of anilines is 1. The molecule has 1 aromatic carbocycles. The number of hydrogen-bond donors (Lipinski definition) is 0. The molecule has 3 heterocycles. The van der Waals surface area contributed by atoms with Crippen LogP contribution < -0.4 is 15.2 Å². The van der Waals surface area contributed by atoms with Crippen molar-refractivity contribution in [2.24, 2.45) is 7.05 Å². The molecule has 2 aromatic heterocycles. The third-order valence-electron chi connectivity index (χ3n) is 5.33. The molecule has 0 N–H and O–H groups in total. The van der Waals surface area contributed by atoms with Gasteiger partial charge in [0.25, 0.3) is 5.56 Å². The molecule has 6 nitrogen and oxygen atoms in total. The Morgan fingerprint density at radius 2 is 1.86 bits per heavy atom. The van der Waals surface area contributed by atoms with E-state index in [-0.39, 0.29) is 5.56 Å². The number of benzene rings is 1. The standard InChI is InChI=1S/C21H23ClN4O2/c1-24-16-7-8-19(22)23-21(16)17(13-20(24)27)26-11-9-25(10-12-26)14-15-5-3-4-6-18(15)28-2/h3-8,13H,9-12,14H2,1-2H3. The number of aromatic nitrogens is 2. The molecule has 0 radical (unpaired) electrons. The van der Waals surface area contributed by atoms with Crippen molar-refractivity contribution in [1.29, 1.82) is 0 Å². The van der Waals surface area contributed by atoms with Gasteiger partial charge < -0.3 is 14.2 Å². The highest BCUT2D eigenvalue weighted by atomic mass is 35.5. The van der Waals surface area contributed by atoms with Gasteiger partial charge in [0.2, 0.25) is 0 Å². The van der Waals surface area contributed by atoms with Crippen molar-refractivity contribution < 1.29 is 4.74 Å². The number of nitrogens with zero attached hydrogens (tertiary/aromatic N) is 4. The molecule has 0 bridgehead atoms. The van der Waals surface area contributed by atoms with E-state index in [1.807, 2.05) is 24.3 Å². The van der Waals surface area contributed by atoms with Crippen molar-refractivity contribution >= 4 is 28.3 Å². The number of halogens is 1. The molecule has 146 valence electrons. The SMILES string of the molecule is COc1ccccc1CN1CCN(c2cc(=O)n(C)c3ccc(Cl)nc23)CC1. The van der Waals surface area contributed by atoms with Crippen LogP contribution in [0.5, 0.6) is 5.75 Å². The van der Waals surface area contributed by atoms with E-state index in [9.17, 15) is 4.79 Å². The fraction of sp³-hybridized carbons (Fsp3) is 0.333. The smallest absolute Gasteiger partial charge is 0.252 e. The Balaban J connectivity index is 1.55. The molecule has 4 rings (SSSR count). The average molecular weight is 399 g/mol. The zero-order chi connectivity index (χ0) is 19.7. The normalized spacial score (nSPS) is 15.2. The molecule has 1 fully saturated rings. The molecule has 0 spiro atoms. The highest BCUT2D eigenvalue weighted by molar-refractivity contribution is 6.29. The summed E-state index contributed by atoms with van der Waals surface area (Å²) in [5, 5.41) is 0.433. The largest absolute Gasteiger partial charge is 0.496 e. The van der Waals surface area contributed by atoms with Crippen LogP contribution in [0.1, 0.15) is 5.56 Å². The molecule has 28 heavy (non-hydrogen) atoms. The zero-order valence-electron chi connectivity index (χ0n) is 16.1. The molecule has 0 unspecified atom stereocenters. The van der Waals surface area contributed by atoms with Crippen molar-refractivity contribution in [3.63, 3.8) is 0 Å². The van der Waals surface area contributed by atoms with Crippen LogP contribution in [0.4, 0.5) is 5.69 Å². The van der Waals surface area contributed by atoms with Crippen molar-refractivity contribution in [1.82, 2.24) is 14.5 Å². The monoisotopic (exact) mass is 398 g/mol. The Morgan fingerprint density at radius 3 is 2.61 bits per heavy atom. The maximum absolute atomic E-state index is 12.4. The number of ether oxygens (including phenoxy) is 1. The summed E-state index contributed by atoms with van der Waals surface area (Å²) in [4.78, 5) is 21.5. The second kappa shape index (κ2) is 7.81. The van der Waals surface area contributed by atoms with Crippen LogP contribution in [0.3, 0.4) is 0 Å². The zero-order valence-corrected chi connectivity index (χ0v) is 16.8. The number of rotatable bonds is 4. The summed E-state index contributed by atoms with van der Waals surface area (Å²) in [6.07, 6.45) is 0. The van der Waals surface area contributed by atoms with Gasteiger partial charge in [-0.15, -0.1) is 0 Å². The van der Waals surface area contributed by atoms with E-state index in [1.165, 1.54) is 5.56 Å². The van der Waals surface area contributed by atoms with E-state index >= 15 is 0 Å². The number of piperazine rings is 1. The van der Waals surface area contributed by atoms with E-state index in [2.05, 4.69) is 20.9 Å². The summed E-state index contributed by atoms with van der Waals surface area (Å²) in [5.41, 5.74) is 3.57. The summed E-state index contributed by atoms with van der Waals surface area (Å²) >= 11 is 6.13. The number of pyridine rings is 2. The quantitative estimate of drug-likeness (QED) is 0.632. The van der Waals surface area contributed by atoms with Gasteiger partial charge >= 0.3 is 0 Å². The molecular formula is C21H23ClN4O2. The Bertz CT molecular complexity index is 1060. The van der Waals surface area contributed by atoms with Gasteiger partial charge in [-0.2, -0.15) is 0 Å². The summed E-state index contributed by atoms with van der Waals surface area (Å²) < 4.78 is 7.08. The topological polar surface area (TPSA) is 50.6 Å². The highest BCUT2D eigenvalue weighted by Crippen LogP contribution is 2.26. The fourth-order valence-corrected chi connectivity index (χ4v) is 3.90. The maximum Gasteiger partial charge on any atom is 0.252 e. The van der Waals surface area contributed by atoms with E-state index in [0.29, 0.717) is 5.15 Å². The predicted octanol–water partition coefficient (Wildman–Crippen LogP) is 2.92. The van der Waals surface area contributed by atoms with Gasteiger partial charge in [-0.1, -0.05) is 29.8 Å². The first-order valence-corrected chi connectivity index (χ1v) is 9.70. The van der Waals surface area contributed by atoms with Crippen LogP contribution in [0.2, 0.25) is 5.15 Å². The number of para-hydroxylation sites is 1. The Labute approximate surface area is 168 Å². The van der Waals surface area contributed by atoms with E-state index in [1.54, 1.807) is 30.9 Å². The van der Waals surface area contributed by atoms with E-state index in [4.69, 9.17) is 16.3 Å². The van der Waals surface area contributed by atoms with Crippen LogP contribution in [0, 0.1) is 0 Å². The van der Waals surface area contributed by atoms with Gasteiger partial charge in [0.1, 0.15) is 16.4 Å². The molecule has 3 aromatic rings. The number of aryl methyl sites for hydroxylation is 1. The third kappa shape index (κ3) is 3.57. The average Bonchev–Trinajstić information content (AvgIpc) is 2.72. The van der Waals surface area contributed by atoms with Crippen LogP contribution in [-0.4, -0.2) is 47.7 Å². The lowest BCUT2D eigenvalue weighted by atomic mass is 10.1. The van der Waals surface area contributed by atoms with Crippen LogP contribution in [-0.2, 0) is 13.6 Å². The lowest BCUT2D eigenvalue weighted by Crippen LogP contribution is -2.46. The Hall–Kier alpha value is -2.57. The summed E-state index contributed by atoms with van der Waals surface area (Å²) in [6.45, 7) is 4.29. The highest BCUT2D eigenvalue weighted by Gasteiger charge is 2.21. The molecule has 7 heteroatoms. The molecule has 1 saturated heterocycles. The van der Waals surface area contributed by atoms with Crippen molar-refractivity contribution in [3.05, 3.63) is 63.5 Å². The summed E-state index contributed by atoms with van der Waals surface area (Å²) in [7, 11) is 3.46. The second-order valence-corrected chi connectivity index (χ2v) is 7.39. The molecule has 0 atom stereocenters. The Morgan fingerprint density at radius 1 is 1.11 bits per heavy atom. The minimum Gasteiger partial charge on any atom is -0.496 e. The third-order valence-corrected chi connectivity index (χ3v) is 5.54. The van der Waals surface area contributed by atoms with E-state index < -0.39 is 0 Å². The molecule has 0 amide bonds. The fourth-order valence-electron chi connectivity index (χ4n) is 3.75. The second-order valence-electron chi connectivity index (χ2n) is 7.00. The van der Waals surface area contributed by atoms with Gasteiger partial charge in [-0.3, -0.25) is 9.69 Å². The van der Waals surface area contributed by atoms with Gasteiger partial charge in [0, 0.05) is 51.4 Å². The lowest BCUT2D eigenvalue weighted by Gasteiger charge is -2.36. The summed E-state index contributed by atoms with van der Waals surface area (Å²) in [6, 6.07) is 13.4. The minimum atomic E-state index is -0.0388. The number of fused-ring (bicyclic) bond motifs is 1. The first kappa shape index (κ1) is 18.8. The van der Waals surface area contributed by atoms with E-state index in [0.717, 1.165) is 55.2 Å². The predicted molar refractivity (Wildman–Crippen MR) is 112 cm³/mol. The van der Waals surface area contributed by atoms with Gasteiger partial charge in [0.05, 0.1) is 18.3 Å². The lowest BCUT2D eigenvalue weighted by molar-refractivity contribution is 0.246. The number of hydrogen-bond acceptors (Lipinski definition) is 5. The van der Waals surface area contributed by atoms with Gasteiger partial charge in [-0.05, 0) is 18.2 Å². The first-order chi connectivity index (χ1) is 13.6. The minimum absolute atomic E-state index is 0.0388. The molecule has 1 aliphatic rings. The summed E-state index contributed by atoms with van der Waals surface area (Å²) in [5.74, 6) is 0.918. The van der Waals surface area contributed by atoms with Gasteiger partial charge in [-0.25, -0.2) is 4.98 Å². The van der Waals surface area contributed by atoms with Crippen molar-refractivity contribution in [2.45, 2.75) is 6.54 Å². The maximum atomic E-state index is 12.4. The van der Waals surface area contributed by atoms with Crippen molar-refractivity contribution in [2.75, 3.05) is 38.2 Å². The number of methoxy groups -OCH3 is 1. The van der Waals surface area contributed by atoms with Crippen LogP contribution >= 0.6 is 11.6 Å². The van der Waals surface area contributed by atoms with Crippen molar-refractivity contribution in [3.8, 4) is 5.75 Å².